The van der Waals surface area contributed by atoms with E-state index in [2.05, 4.69) is 15.2 Å². The maximum atomic E-state index is 9.96. The summed E-state index contributed by atoms with van der Waals surface area (Å²) < 4.78 is 0. The van der Waals surface area contributed by atoms with Crippen molar-refractivity contribution in [3.05, 3.63) is 34.1 Å². The molecule has 1 aromatic carbocycles. The van der Waals surface area contributed by atoms with Gasteiger partial charge in [-0.1, -0.05) is 35.3 Å². The van der Waals surface area contributed by atoms with E-state index in [4.69, 9.17) is 23.2 Å². The van der Waals surface area contributed by atoms with E-state index in [9.17, 15) is 4.79 Å². The summed E-state index contributed by atoms with van der Waals surface area (Å²) in [5.74, 6) is 0. The van der Waals surface area contributed by atoms with Gasteiger partial charge in [0.05, 0.1) is 6.54 Å². The zero-order chi connectivity index (χ0) is 12.3. The molecular weight excluding hydrogens is 261 g/mol. The minimum absolute atomic E-state index is 0.310. The molecule has 0 aliphatic rings. The van der Waals surface area contributed by atoms with Crippen molar-refractivity contribution in [2.45, 2.75) is 6.42 Å². The largest absolute Gasteiger partial charge is 0.234 e. The average molecular weight is 268 g/mol. The standard InChI is InChI=1S/C11H7Cl2N3O/c12-10-8-2-1-7(3-4-14-6-17)5-9(8)11(13)16-15-10/h1-2,5H,3-4H2. The van der Waals surface area contributed by atoms with Crippen molar-refractivity contribution < 1.29 is 4.79 Å². The summed E-state index contributed by atoms with van der Waals surface area (Å²) in [7, 11) is 0. The Morgan fingerprint density at radius 2 is 1.88 bits per heavy atom. The van der Waals surface area contributed by atoms with Crippen LogP contribution in [0.4, 0.5) is 0 Å². The quantitative estimate of drug-likeness (QED) is 0.635. The van der Waals surface area contributed by atoms with Crippen LogP contribution in [0, 0.1) is 0 Å². The van der Waals surface area contributed by atoms with Gasteiger partial charge in [-0.2, -0.15) is 0 Å². The van der Waals surface area contributed by atoms with Crippen molar-refractivity contribution >= 4 is 40.1 Å². The molecule has 17 heavy (non-hydrogen) atoms. The molecule has 0 fully saturated rings. The first-order chi connectivity index (χ1) is 8.22. The van der Waals surface area contributed by atoms with E-state index < -0.39 is 0 Å². The van der Waals surface area contributed by atoms with Gasteiger partial charge in [0.15, 0.2) is 10.3 Å². The maximum Gasteiger partial charge on any atom is 0.234 e. The molecule has 0 aliphatic heterocycles. The second kappa shape index (κ2) is 5.23. The SMILES string of the molecule is O=C=NCCc1ccc2c(Cl)nnc(Cl)c2c1. The summed E-state index contributed by atoms with van der Waals surface area (Å²) in [5, 5.41) is 9.61. The Labute approximate surface area is 107 Å². The van der Waals surface area contributed by atoms with Gasteiger partial charge in [-0.3, -0.25) is 0 Å². The summed E-state index contributed by atoms with van der Waals surface area (Å²) in [6, 6.07) is 5.60. The van der Waals surface area contributed by atoms with Crippen LogP contribution in [0.25, 0.3) is 10.8 Å². The predicted molar refractivity (Wildman–Crippen MR) is 66.3 cm³/mol. The Morgan fingerprint density at radius 1 is 1.18 bits per heavy atom. The molecule has 0 aliphatic carbocycles. The van der Waals surface area contributed by atoms with Crippen LogP contribution in [0.1, 0.15) is 5.56 Å². The molecule has 0 radical (unpaired) electrons. The smallest absolute Gasteiger partial charge is 0.211 e. The van der Waals surface area contributed by atoms with E-state index in [1.54, 1.807) is 0 Å². The second-order valence-electron chi connectivity index (χ2n) is 3.38. The van der Waals surface area contributed by atoms with E-state index >= 15 is 0 Å². The lowest BCUT2D eigenvalue weighted by molar-refractivity contribution is 0.563. The van der Waals surface area contributed by atoms with Crippen LogP contribution in [0.15, 0.2) is 23.2 Å². The lowest BCUT2D eigenvalue weighted by atomic mass is 10.1. The summed E-state index contributed by atoms with van der Waals surface area (Å²) in [6.45, 7) is 0.402. The normalized spacial score (nSPS) is 10.2. The Kier molecular flexibility index (Phi) is 3.69. The molecule has 2 aromatic rings. The number of fused-ring (bicyclic) bond motifs is 1. The molecule has 0 N–H and O–H groups in total. The first-order valence-corrected chi connectivity index (χ1v) is 5.62. The molecule has 2 rings (SSSR count). The lowest BCUT2D eigenvalue weighted by Crippen LogP contribution is -1.92. The molecule has 0 spiro atoms. The molecular formula is C11H7Cl2N3O. The number of nitrogens with zero attached hydrogens (tertiary/aromatic N) is 3. The van der Waals surface area contributed by atoms with E-state index in [0.29, 0.717) is 23.3 Å². The highest BCUT2D eigenvalue weighted by Gasteiger charge is 2.06. The second-order valence-corrected chi connectivity index (χ2v) is 4.10. The third-order valence-corrected chi connectivity index (χ3v) is 2.89. The molecule has 0 atom stereocenters. The number of isocyanates is 1. The third-order valence-electron chi connectivity index (χ3n) is 2.33. The van der Waals surface area contributed by atoms with Crippen LogP contribution in [0.3, 0.4) is 0 Å². The van der Waals surface area contributed by atoms with E-state index in [1.807, 2.05) is 18.2 Å². The van der Waals surface area contributed by atoms with Crippen molar-refractivity contribution in [1.82, 2.24) is 10.2 Å². The first kappa shape index (κ1) is 12.0. The fourth-order valence-electron chi connectivity index (χ4n) is 1.52. The number of halogens is 2. The van der Waals surface area contributed by atoms with Gasteiger partial charge in [0.2, 0.25) is 6.08 Å². The molecule has 4 nitrogen and oxygen atoms in total. The predicted octanol–water partition coefficient (Wildman–Crippen LogP) is 2.81. The van der Waals surface area contributed by atoms with E-state index in [-0.39, 0.29) is 0 Å². The van der Waals surface area contributed by atoms with Gasteiger partial charge in [-0.15, -0.1) is 10.2 Å². The zero-order valence-corrected chi connectivity index (χ0v) is 10.2. The topological polar surface area (TPSA) is 55.2 Å². The van der Waals surface area contributed by atoms with Gasteiger partial charge in [-0.25, -0.2) is 9.79 Å². The van der Waals surface area contributed by atoms with Crippen LogP contribution >= 0.6 is 23.2 Å². The Hall–Kier alpha value is -1.48. The average Bonchev–Trinajstić information content (AvgIpc) is 2.34. The van der Waals surface area contributed by atoms with Crippen molar-refractivity contribution in [2.24, 2.45) is 4.99 Å². The molecule has 1 heterocycles. The Bertz CT molecular complexity index is 609. The third kappa shape index (κ3) is 2.61. The number of aliphatic imine (C=N–C) groups is 1. The van der Waals surface area contributed by atoms with Crippen LogP contribution in [0.5, 0.6) is 0 Å². The number of hydrogen-bond donors (Lipinski definition) is 0. The van der Waals surface area contributed by atoms with Crippen LogP contribution in [0.2, 0.25) is 10.3 Å². The van der Waals surface area contributed by atoms with Crippen LogP contribution in [-0.4, -0.2) is 22.8 Å². The first-order valence-electron chi connectivity index (χ1n) is 4.86. The molecule has 0 saturated heterocycles. The molecule has 0 unspecified atom stereocenters. The summed E-state index contributed by atoms with van der Waals surface area (Å²) in [5.41, 5.74) is 1.00. The molecule has 1 aromatic heterocycles. The number of hydrogen-bond acceptors (Lipinski definition) is 4. The number of aromatic nitrogens is 2. The maximum absolute atomic E-state index is 9.96. The van der Waals surface area contributed by atoms with Crippen molar-refractivity contribution in [2.75, 3.05) is 6.54 Å². The monoisotopic (exact) mass is 267 g/mol. The molecule has 86 valence electrons. The van der Waals surface area contributed by atoms with Gasteiger partial charge >= 0.3 is 0 Å². The summed E-state index contributed by atoms with van der Waals surface area (Å²) in [6.07, 6.45) is 2.14. The van der Waals surface area contributed by atoms with Crippen molar-refractivity contribution in [3.8, 4) is 0 Å². The van der Waals surface area contributed by atoms with E-state index in [1.165, 1.54) is 6.08 Å². The van der Waals surface area contributed by atoms with Gasteiger partial charge in [0.25, 0.3) is 0 Å². The fourth-order valence-corrected chi connectivity index (χ4v) is 1.92. The Morgan fingerprint density at radius 3 is 2.59 bits per heavy atom. The minimum atomic E-state index is 0.310. The van der Waals surface area contributed by atoms with Crippen molar-refractivity contribution in [3.63, 3.8) is 0 Å². The number of carbonyl (C=O) groups excluding carboxylic acids is 1. The molecule has 0 saturated carbocycles. The highest BCUT2D eigenvalue weighted by molar-refractivity contribution is 6.38. The van der Waals surface area contributed by atoms with Gasteiger partial charge in [0, 0.05) is 10.8 Å². The fraction of sp³-hybridized carbons (Fsp3) is 0.182. The Balaban J connectivity index is 2.42. The highest BCUT2D eigenvalue weighted by Crippen LogP contribution is 2.26. The van der Waals surface area contributed by atoms with Gasteiger partial charge in [-0.05, 0) is 18.1 Å². The van der Waals surface area contributed by atoms with Crippen molar-refractivity contribution in [1.29, 1.82) is 0 Å². The van der Waals surface area contributed by atoms with Crippen LogP contribution < -0.4 is 0 Å². The minimum Gasteiger partial charge on any atom is -0.211 e. The summed E-state index contributed by atoms with van der Waals surface area (Å²) in [4.78, 5) is 13.5. The van der Waals surface area contributed by atoms with E-state index in [0.717, 1.165) is 16.3 Å². The molecule has 6 heteroatoms. The lowest BCUT2D eigenvalue weighted by Gasteiger charge is -2.03. The number of rotatable bonds is 3. The van der Waals surface area contributed by atoms with Gasteiger partial charge in [0.1, 0.15) is 0 Å². The molecule has 0 amide bonds. The number of benzene rings is 1. The highest BCUT2D eigenvalue weighted by atomic mass is 35.5. The van der Waals surface area contributed by atoms with Crippen LogP contribution in [-0.2, 0) is 11.2 Å². The zero-order valence-electron chi connectivity index (χ0n) is 8.65. The van der Waals surface area contributed by atoms with Gasteiger partial charge < -0.3 is 0 Å². The molecule has 0 bridgehead atoms. The summed E-state index contributed by atoms with van der Waals surface area (Å²) >= 11 is 11.9.